The lowest BCUT2D eigenvalue weighted by atomic mass is 9.97. The fourth-order valence-corrected chi connectivity index (χ4v) is 1.37. The van der Waals surface area contributed by atoms with Crippen LogP contribution in [-0.2, 0) is 11.3 Å². The molecule has 0 radical (unpaired) electrons. The summed E-state index contributed by atoms with van der Waals surface area (Å²) in [5.74, 6) is -2.19. The molecule has 0 saturated heterocycles. The molecule has 0 aromatic carbocycles. The number of aromatic nitrogens is 2. The van der Waals surface area contributed by atoms with Gasteiger partial charge in [-0.05, 0) is 26.7 Å². The van der Waals surface area contributed by atoms with Gasteiger partial charge in [0.2, 0.25) is 0 Å². The van der Waals surface area contributed by atoms with Gasteiger partial charge in [0.1, 0.15) is 11.4 Å². The molecular weight excluding hydrogens is 257 g/mol. The molecule has 1 aromatic heterocycles. The van der Waals surface area contributed by atoms with Crippen molar-refractivity contribution >= 4 is 5.97 Å². The Kier molecular flexibility index (Phi) is 4.60. The van der Waals surface area contributed by atoms with Crippen LogP contribution in [-0.4, -0.2) is 26.3 Å². The summed E-state index contributed by atoms with van der Waals surface area (Å²) in [6.45, 7) is 2.58. The zero-order valence-corrected chi connectivity index (χ0v) is 10.7. The van der Waals surface area contributed by atoms with E-state index in [4.69, 9.17) is 10.8 Å². The number of aliphatic carboxylic acids is 1. The van der Waals surface area contributed by atoms with E-state index in [2.05, 4.69) is 9.68 Å². The van der Waals surface area contributed by atoms with Crippen molar-refractivity contribution in [2.45, 2.75) is 38.8 Å². The summed E-state index contributed by atoms with van der Waals surface area (Å²) in [7, 11) is 0. The number of carbonyl (C=O) groups is 1. The summed E-state index contributed by atoms with van der Waals surface area (Å²) in [6, 6.07) is 0. The van der Waals surface area contributed by atoms with E-state index in [0.29, 0.717) is 0 Å². The van der Waals surface area contributed by atoms with Gasteiger partial charge >= 0.3 is 11.7 Å². The van der Waals surface area contributed by atoms with Gasteiger partial charge in [0.25, 0.3) is 0 Å². The summed E-state index contributed by atoms with van der Waals surface area (Å²) in [4.78, 5) is 21.9. The van der Waals surface area contributed by atoms with Crippen LogP contribution in [0.1, 0.15) is 25.6 Å². The van der Waals surface area contributed by atoms with Gasteiger partial charge in [0, 0.05) is 0 Å². The zero-order valence-electron chi connectivity index (χ0n) is 10.7. The van der Waals surface area contributed by atoms with Crippen LogP contribution in [0.5, 0.6) is 0 Å². The summed E-state index contributed by atoms with van der Waals surface area (Å²) in [6.07, 6.45) is 1.45. The minimum absolute atomic E-state index is 0.0905. The first-order valence-corrected chi connectivity index (χ1v) is 5.64. The molecule has 1 heterocycles. The van der Waals surface area contributed by atoms with Crippen LogP contribution in [0.3, 0.4) is 0 Å². The van der Waals surface area contributed by atoms with E-state index in [9.17, 15) is 14.0 Å². The second kappa shape index (κ2) is 5.79. The van der Waals surface area contributed by atoms with Crippen molar-refractivity contribution < 1.29 is 18.8 Å². The van der Waals surface area contributed by atoms with E-state index < -0.39 is 23.1 Å². The smallest absolute Gasteiger partial charge is 0.441 e. The molecule has 0 amide bonds. The Labute approximate surface area is 108 Å². The Morgan fingerprint density at radius 2 is 2.32 bits per heavy atom. The largest absolute Gasteiger partial charge is 0.480 e. The number of nitrogens with zero attached hydrogens (tertiary/aromatic N) is 2. The fourth-order valence-electron chi connectivity index (χ4n) is 1.37. The monoisotopic (exact) mass is 273 g/mol. The van der Waals surface area contributed by atoms with Crippen LogP contribution in [0, 0.1) is 6.92 Å². The Morgan fingerprint density at radius 1 is 1.68 bits per heavy atom. The van der Waals surface area contributed by atoms with E-state index in [0.717, 1.165) is 4.57 Å². The molecule has 106 valence electrons. The van der Waals surface area contributed by atoms with E-state index in [1.54, 1.807) is 0 Å². The second-order valence-corrected chi connectivity index (χ2v) is 4.49. The topological polar surface area (TPSA) is 111 Å². The van der Waals surface area contributed by atoms with Crippen LogP contribution in [0.4, 0.5) is 4.39 Å². The molecule has 0 fully saturated rings. The van der Waals surface area contributed by atoms with Gasteiger partial charge in [-0.2, -0.15) is 0 Å². The van der Waals surface area contributed by atoms with Crippen molar-refractivity contribution in [2.75, 3.05) is 0 Å². The number of halogens is 1. The number of carboxylic acids is 1. The minimum Gasteiger partial charge on any atom is -0.480 e. The van der Waals surface area contributed by atoms with E-state index in [-0.39, 0.29) is 25.2 Å². The Morgan fingerprint density at radius 3 is 2.79 bits per heavy atom. The third-order valence-electron chi connectivity index (χ3n) is 2.69. The van der Waals surface area contributed by atoms with Gasteiger partial charge in [-0.15, -0.1) is 0 Å². The van der Waals surface area contributed by atoms with Gasteiger partial charge in [0.05, 0.1) is 6.54 Å². The summed E-state index contributed by atoms with van der Waals surface area (Å²) >= 11 is 0. The van der Waals surface area contributed by atoms with Crippen molar-refractivity contribution in [3.05, 3.63) is 28.3 Å². The minimum atomic E-state index is -1.40. The molecule has 3 N–H and O–H groups in total. The first-order valence-electron chi connectivity index (χ1n) is 5.64. The molecule has 1 aromatic rings. The molecule has 19 heavy (non-hydrogen) atoms. The number of carboxylic acid groups (broad SMARTS) is 1. The predicted molar refractivity (Wildman–Crippen MR) is 64.2 cm³/mol. The van der Waals surface area contributed by atoms with Gasteiger partial charge in [0.15, 0.2) is 5.82 Å². The molecule has 0 saturated carbocycles. The van der Waals surface area contributed by atoms with Gasteiger partial charge in [-0.1, -0.05) is 11.2 Å². The highest BCUT2D eigenvalue weighted by molar-refractivity contribution is 5.77. The standard InChI is InChI=1S/C11H16FN3O4/c1-7-14-19-10(18)15(7)6-8(12)4-3-5-11(2,13)9(16)17/h4H,3,5-6,13H2,1-2H3,(H,16,17)/b8-4-/t11-/m1/s1. The van der Waals surface area contributed by atoms with Crippen LogP contribution >= 0.6 is 0 Å². The SMILES string of the molecule is Cc1noc(=O)n1C/C(F)=C/CC[C@@](C)(N)C(=O)O. The highest BCUT2D eigenvalue weighted by Gasteiger charge is 2.26. The molecule has 0 aliphatic rings. The summed E-state index contributed by atoms with van der Waals surface area (Å²) < 4.78 is 18.9. The third-order valence-corrected chi connectivity index (χ3v) is 2.69. The van der Waals surface area contributed by atoms with Gasteiger partial charge in [-0.3, -0.25) is 13.9 Å². The van der Waals surface area contributed by atoms with Crippen molar-refractivity contribution in [3.63, 3.8) is 0 Å². The van der Waals surface area contributed by atoms with E-state index >= 15 is 0 Å². The molecule has 0 unspecified atom stereocenters. The maximum absolute atomic E-state index is 13.5. The normalized spacial score (nSPS) is 15.3. The Bertz CT molecular complexity index is 544. The maximum atomic E-state index is 13.5. The Hall–Kier alpha value is -1.96. The quantitative estimate of drug-likeness (QED) is 0.784. The molecule has 8 heteroatoms. The lowest BCUT2D eigenvalue weighted by Gasteiger charge is -2.17. The van der Waals surface area contributed by atoms with Crippen molar-refractivity contribution in [3.8, 4) is 0 Å². The molecular formula is C11H16FN3O4. The highest BCUT2D eigenvalue weighted by Crippen LogP contribution is 2.12. The Balaban J connectivity index is 2.60. The number of allylic oxidation sites excluding steroid dienone is 2. The number of hydrogen-bond acceptors (Lipinski definition) is 5. The molecule has 0 spiro atoms. The predicted octanol–water partition coefficient (Wildman–Crippen LogP) is 0.580. The average Bonchev–Trinajstić information content (AvgIpc) is 2.60. The lowest BCUT2D eigenvalue weighted by Crippen LogP contribution is -2.44. The van der Waals surface area contributed by atoms with Gasteiger partial charge < -0.3 is 10.8 Å². The van der Waals surface area contributed by atoms with Crippen molar-refractivity contribution in [1.29, 1.82) is 0 Å². The number of nitrogens with two attached hydrogens (primary N) is 1. The zero-order chi connectivity index (χ0) is 14.6. The van der Waals surface area contributed by atoms with Gasteiger partial charge in [-0.25, -0.2) is 9.18 Å². The molecule has 1 atom stereocenters. The van der Waals surface area contributed by atoms with Crippen LogP contribution in [0.15, 0.2) is 21.2 Å². The van der Waals surface area contributed by atoms with Crippen molar-refractivity contribution in [2.24, 2.45) is 5.73 Å². The van der Waals surface area contributed by atoms with Crippen LogP contribution < -0.4 is 11.5 Å². The number of aryl methyl sites for hydroxylation is 1. The van der Waals surface area contributed by atoms with E-state index in [1.165, 1.54) is 19.9 Å². The molecule has 0 bridgehead atoms. The van der Waals surface area contributed by atoms with Crippen LogP contribution in [0.25, 0.3) is 0 Å². The number of rotatable bonds is 6. The summed E-state index contributed by atoms with van der Waals surface area (Å²) in [5.41, 5.74) is 4.10. The van der Waals surface area contributed by atoms with Crippen molar-refractivity contribution in [1.82, 2.24) is 9.72 Å². The van der Waals surface area contributed by atoms with Crippen LogP contribution in [0.2, 0.25) is 0 Å². The maximum Gasteiger partial charge on any atom is 0.441 e. The molecule has 0 aliphatic heterocycles. The molecule has 0 aliphatic carbocycles. The third kappa shape index (κ3) is 4.02. The number of hydrogen-bond donors (Lipinski definition) is 2. The summed E-state index contributed by atoms with van der Waals surface area (Å²) in [5, 5.41) is 12.2. The molecule has 7 nitrogen and oxygen atoms in total. The molecule has 1 rings (SSSR count). The first kappa shape index (κ1) is 15.1. The fraction of sp³-hybridized carbons (Fsp3) is 0.545. The second-order valence-electron chi connectivity index (χ2n) is 4.49. The first-order chi connectivity index (χ1) is 8.74. The average molecular weight is 273 g/mol. The van der Waals surface area contributed by atoms with E-state index in [1.807, 2.05) is 0 Å². The highest BCUT2D eigenvalue weighted by atomic mass is 19.1. The lowest BCUT2D eigenvalue weighted by molar-refractivity contribution is -0.142.